The molecule has 0 unspecified atom stereocenters. The van der Waals surface area contributed by atoms with Crippen LogP contribution in [0, 0.1) is 5.82 Å². The number of amides is 1. The SMILES string of the molecule is C=CCNc1ccc(NC(=O)c2ccccc2F)cn1. The van der Waals surface area contributed by atoms with Gasteiger partial charge in [0.25, 0.3) is 5.91 Å². The van der Waals surface area contributed by atoms with Crippen molar-refractivity contribution in [2.45, 2.75) is 0 Å². The van der Waals surface area contributed by atoms with Crippen LogP contribution in [0.5, 0.6) is 0 Å². The van der Waals surface area contributed by atoms with Crippen LogP contribution in [0.3, 0.4) is 0 Å². The second-order valence-corrected chi connectivity index (χ2v) is 4.04. The highest BCUT2D eigenvalue weighted by atomic mass is 19.1. The summed E-state index contributed by atoms with van der Waals surface area (Å²) in [5.41, 5.74) is 0.503. The first-order valence-corrected chi connectivity index (χ1v) is 6.07. The smallest absolute Gasteiger partial charge is 0.258 e. The average molecular weight is 271 g/mol. The van der Waals surface area contributed by atoms with Crippen LogP contribution < -0.4 is 10.6 Å². The monoisotopic (exact) mass is 271 g/mol. The molecule has 1 aromatic heterocycles. The van der Waals surface area contributed by atoms with Crippen molar-refractivity contribution in [3.63, 3.8) is 0 Å². The quantitative estimate of drug-likeness (QED) is 0.822. The van der Waals surface area contributed by atoms with E-state index in [4.69, 9.17) is 0 Å². The summed E-state index contributed by atoms with van der Waals surface area (Å²) in [5.74, 6) is -0.382. The summed E-state index contributed by atoms with van der Waals surface area (Å²) < 4.78 is 13.5. The summed E-state index contributed by atoms with van der Waals surface area (Å²) in [6.07, 6.45) is 3.22. The van der Waals surface area contributed by atoms with E-state index < -0.39 is 11.7 Å². The molecule has 1 amide bonds. The van der Waals surface area contributed by atoms with Crippen molar-refractivity contribution in [3.8, 4) is 0 Å². The molecule has 0 aliphatic rings. The zero-order valence-corrected chi connectivity index (χ0v) is 10.8. The Morgan fingerprint density at radius 1 is 1.30 bits per heavy atom. The van der Waals surface area contributed by atoms with Crippen LogP contribution in [-0.4, -0.2) is 17.4 Å². The Morgan fingerprint density at radius 2 is 2.10 bits per heavy atom. The van der Waals surface area contributed by atoms with Gasteiger partial charge >= 0.3 is 0 Å². The van der Waals surface area contributed by atoms with E-state index >= 15 is 0 Å². The lowest BCUT2D eigenvalue weighted by Gasteiger charge is -2.07. The number of nitrogens with one attached hydrogen (secondary N) is 2. The summed E-state index contributed by atoms with van der Waals surface area (Å²) in [4.78, 5) is 16.0. The first kappa shape index (κ1) is 13.7. The number of rotatable bonds is 5. The van der Waals surface area contributed by atoms with Crippen molar-refractivity contribution in [3.05, 3.63) is 66.6 Å². The van der Waals surface area contributed by atoms with E-state index in [1.54, 1.807) is 24.3 Å². The number of halogens is 1. The molecular weight excluding hydrogens is 257 g/mol. The maximum Gasteiger partial charge on any atom is 0.258 e. The van der Waals surface area contributed by atoms with Gasteiger partial charge in [0.1, 0.15) is 11.6 Å². The maximum absolute atomic E-state index is 13.5. The normalized spacial score (nSPS) is 9.85. The van der Waals surface area contributed by atoms with E-state index in [1.807, 2.05) is 0 Å². The Hall–Kier alpha value is -2.69. The topological polar surface area (TPSA) is 54.0 Å². The lowest BCUT2D eigenvalue weighted by molar-refractivity contribution is 0.102. The highest BCUT2D eigenvalue weighted by Gasteiger charge is 2.10. The van der Waals surface area contributed by atoms with Crippen molar-refractivity contribution in [1.82, 2.24) is 4.98 Å². The minimum atomic E-state index is -0.553. The number of carbonyl (C=O) groups excluding carboxylic acids is 1. The molecule has 0 atom stereocenters. The summed E-state index contributed by atoms with van der Waals surface area (Å²) in [7, 11) is 0. The van der Waals surface area contributed by atoms with Crippen LogP contribution in [-0.2, 0) is 0 Å². The third kappa shape index (κ3) is 3.41. The predicted octanol–water partition coefficient (Wildman–Crippen LogP) is 3.07. The van der Waals surface area contributed by atoms with Crippen molar-refractivity contribution >= 4 is 17.4 Å². The van der Waals surface area contributed by atoms with Gasteiger partial charge in [-0.2, -0.15) is 0 Å². The van der Waals surface area contributed by atoms with Crippen LogP contribution in [0.15, 0.2) is 55.3 Å². The summed E-state index contributed by atoms with van der Waals surface area (Å²) in [5, 5.41) is 5.61. The van der Waals surface area contributed by atoms with E-state index in [0.29, 0.717) is 18.1 Å². The lowest BCUT2D eigenvalue weighted by Crippen LogP contribution is -2.13. The van der Waals surface area contributed by atoms with Gasteiger partial charge in [-0.1, -0.05) is 18.2 Å². The second-order valence-electron chi connectivity index (χ2n) is 4.04. The van der Waals surface area contributed by atoms with Crippen molar-refractivity contribution in [2.75, 3.05) is 17.2 Å². The lowest BCUT2D eigenvalue weighted by atomic mass is 10.2. The van der Waals surface area contributed by atoms with Crippen LogP contribution >= 0.6 is 0 Å². The van der Waals surface area contributed by atoms with Crippen LogP contribution in [0.1, 0.15) is 10.4 Å². The van der Waals surface area contributed by atoms with Gasteiger partial charge in [0.2, 0.25) is 0 Å². The molecule has 0 spiro atoms. The van der Waals surface area contributed by atoms with E-state index in [1.165, 1.54) is 24.4 Å². The molecule has 4 nitrogen and oxygen atoms in total. The molecule has 0 saturated heterocycles. The standard InChI is InChI=1S/C15H14FN3O/c1-2-9-17-14-8-7-11(10-18-14)19-15(20)12-5-3-4-6-13(12)16/h2-8,10H,1,9H2,(H,17,18)(H,19,20). The fraction of sp³-hybridized carbons (Fsp3) is 0.0667. The van der Waals surface area contributed by atoms with Crippen LogP contribution in [0.4, 0.5) is 15.9 Å². The van der Waals surface area contributed by atoms with E-state index in [2.05, 4.69) is 22.2 Å². The maximum atomic E-state index is 13.5. The molecule has 2 aromatic rings. The molecule has 1 heterocycles. The molecule has 1 aromatic carbocycles. The van der Waals surface area contributed by atoms with Crippen molar-refractivity contribution < 1.29 is 9.18 Å². The molecule has 102 valence electrons. The van der Waals surface area contributed by atoms with Gasteiger partial charge in [-0.15, -0.1) is 6.58 Å². The Balaban J connectivity index is 2.05. The van der Waals surface area contributed by atoms with E-state index in [0.717, 1.165) is 0 Å². The second kappa shape index (κ2) is 6.47. The zero-order chi connectivity index (χ0) is 14.4. The van der Waals surface area contributed by atoms with Gasteiger partial charge in [-0.3, -0.25) is 4.79 Å². The van der Waals surface area contributed by atoms with Gasteiger partial charge in [-0.25, -0.2) is 9.37 Å². The molecule has 0 bridgehead atoms. The van der Waals surface area contributed by atoms with Crippen molar-refractivity contribution in [1.29, 1.82) is 0 Å². The fourth-order valence-electron chi connectivity index (χ4n) is 1.59. The minimum Gasteiger partial charge on any atom is -0.367 e. The Morgan fingerprint density at radius 3 is 2.75 bits per heavy atom. The predicted molar refractivity (Wildman–Crippen MR) is 77.3 cm³/mol. The highest BCUT2D eigenvalue weighted by molar-refractivity contribution is 6.04. The number of aromatic nitrogens is 1. The minimum absolute atomic E-state index is 0.00126. The Labute approximate surface area is 116 Å². The Bertz CT molecular complexity index is 611. The summed E-state index contributed by atoms with van der Waals surface area (Å²) >= 11 is 0. The molecule has 0 aliphatic heterocycles. The van der Waals surface area contributed by atoms with Gasteiger partial charge in [0, 0.05) is 6.54 Å². The van der Waals surface area contributed by atoms with Gasteiger partial charge in [0.05, 0.1) is 17.4 Å². The highest BCUT2D eigenvalue weighted by Crippen LogP contribution is 2.13. The average Bonchev–Trinajstić information content (AvgIpc) is 2.47. The number of pyridine rings is 1. The summed E-state index contributed by atoms with van der Waals surface area (Å²) in [6.45, 7) is 4.20. The first-order chi connectivity index (χ1) is 9.70. The molecule has 0 saturated carbocycles. The Kier molecular flexibility index (Phi) is 4.44. The number of benzene rings is 1. The molecule has 0 aliphatic carbocycles. The zero-order valence-electron chi connectivity index (χ0n) is 10.8. The van der Waals surface area contributed by atoms with Gasteiger partial charge in [-0.05, 0) is 24.3 Å². The van der Waals surface area contributed by atoms with Crippen molar-refractivity contribution in [2.24, 2.45) is 0 Å². The number of anilines is 2. The van der Waals surface area contributed by atoms with Gasteiger partial charge < -0.3 is 10.6 Å². The number of hydrogen-bond acceptors (Lipinski definition) is 3. The molecular formula is C15H14FN3O. The van der Waals surface area contributed by atoms with Crippen LogP contribution in [0.25, 0.3) is 0 Å². The summed E-state index contributed by atoms with van der Waals surface area (Å²) in [6, 6.07) is 9.23. The fourth-order valence-corrected chi connectivity index (χ4v) is 1.59. The first-order valence-electron chi connectivity index (χ1n) is 6.07. The third-order valence-electron chi connectivity index (χ3n) is 2.57. The third-order valence-corrected chi connectivity index (χ3v) is 2.57. The van der Waals surface area contributed by atoms with E-state index in [-0.39, 0.29) is 5.56 Å². The number of hydrogen-bond donors (Lipinski definition) is 2. The largest absolute Gasteiger partial charge is 0.367 e. The number of nitrogens with zero attached hydrogens (tertiary/aromatic N) is 1. The molecule has 2 N–H and O–H groups in total. The molecule has 20 heavy (non-hydrogen) atoms. The molecule has 5 heteroatoms. The molecule has 0 fully saturated rings. The number of carbonyl (C=O) groups is 1. The molecule has 2 rings (SSSR count). The molecule has 0 radical (unpaired) electrons. The van der Waals surface area contributed by atoms with Gasteiger partial charge in [0.15, 0.2) is 0 Å². The van der Waals surface area contributed by atoms with E-state index in [9.17, 15) is 9.18 Å². The van der Waals surface area contributed by atoms with Crippen LogP contribution in [0.2, 0.25) is 0 Å².